The Labute approximate surface area is 108 Å². The van der Waals surface area contributed by atoms with Crippen molar-refractivity contribution in [2.24, 2.45) is 11.1 Å². The number of nitrogens with zero attached hydrogens (tertiary/aromatic N) is 1. The Morgan fingerprint density at radius 3 is 2.67 bits per heavy atom. The average molecular weight is 244 g/mol. The molecule has 3 nitrogen and oxygen atoms in total. The molecule has 1 amide bonds. The van der Waals surface area contributed by atoms with Crippen molar-refractivity contribution < 1.29 is 4.79 Å². The van der Waals surface area contributed by atoms with Gasteiger partial charge >= 0.3 is 0 Å². The van der Waals surface area contributed by atoms with Crippen molar-refractivity contribution in [1.82, 2.24) is 4.90 Å². The fraction of sp³-hybridized carbons (Fsp3) is 0.533. The number of nitrogens with two attached hydrogens (primary N) is 1. The lowest BCUT2D eigenvalue weighted by molar-refractivity contribution is -0.137. The molecule has 1 saturated carbocycles. The molecule has 2 aliphatic rings. The second kappa shape index (κ2) is 4.39. The number of fused-ring (bicyclic) bond motifs is 1. The van der Waals surface area contributed by atoms with Crippen molar-refractivity contribution in [2.75, 3.05) is 13.1 Å². The van der Waals surface area contributed by atoms with E-state index in [4.69, 9.17) is 5.73 Å². The van der Waals surface area contributed by atoms with Crippen LogP contribution in [0.4, 0.5) is 0 Å². The lowest BCUT2D eigenvalue weighted by atomic mass is 10.0. The Balaban J connectivity index is 1.81. The molecule has 3 heteroatoms. The molecular weight excluding hydrogens is 224 g/mol. The first-order chi connectivity index (χ1) is 8.75. The van der Waals surface area contributed by atoms with Crippen LogP contribution in [0.1, 0.15) is 30.4 Å². The lowest BCUT2D eigenvalue weighted by Crippen LogP contribution is -2.40. The minimum atomic E-state index is -0.209. The van der Waals surface area contributed by atoms with Gasteiger partial charge in [0, 0.05) is 19.6 Å². The van der Waals surface area contributed by atoms with Gasteiger partial charge in [-0.1, -0.05) is 24.3 Å². The maximum Gasteiger partial charge on any atom is 0.230 e. The molecule has 0 unspecified atom stereocenters. The highest BCUT2D eigenvalue weighted by Gasteiger charge is 2.50. The van der Waals surface area contributed by atoms with Crippen LogP contribution in [0.15, 0.2) is 24.3 Å². The molecule has 1 aliphatic carbocycles. The molecule has 0 aromatic heterocycles. The van der Waals surface area contributed by atoms with Gasteiger partial charge in [0.1, 0.15) is 0 Å². The molecule has 18 heavy (non-hydrogen) atoms. The van der Waals surface area contributed by atoms with Crippen LogP contribution < -0.4 is 5.73 Å². The van der Waals surface area contributed by atoms with Crippen LogP contribution in [-0.2, 0) is 17.8 Å². The van der Waals surface area contributed by atoms with Crippen LogP contribution in [0.5, 0.6) is 0 Å². The van der Waals surface area contributed by atoms with Crippen molar-refractivity contribution in [1.29, 1.82) is 0 Å². The normalized spacial score (nSPS) is 21.1. The molecule has 1 fully saturated rings. The van der Waals surface area contributed by atoms with E-state index in [1.54, 1.807) is 0 Å². The van der Waals surface area contributed by atoms with Gasteiger partial charge in [-0.15, -0.1) is 0 Å². The summed E-state index contributed by atoms with van der Waals surface area (Å²) in [5, 5.41) is 0. The van der Waals surface area contributed by atoms with Crippen LogP contribution in [0.25, 0.3) is 0 Å². The summed E-state index contributed by atoms with van der Waals surface area (Å²) in [6.07, 6.45) is 4.08. The summed E-state index contributed by atoms with van der Waals surface area (Å²) in [5.74, 6) is 0.279. The van der Waals surface area contributed by atoms with Crippen molar-refractivity contribution in [3.63, 3.8) is 0 Å². The molecule has 1 aromatic rings. The molecule has 0 spiro atoms. The number of carbonyl (C=O) groups is 1. The molecule has 1 heterocycles. The monoisotopic (exact) mass is 244 g/mol. The summed E-state index contributed by atoms with van der Waals surface area (Å²) in [6, 6.07) is 8.46. The number of aryl methyl sites for hydroxylation is 1. The van der Waals surface area contributed by atoms with Gasteiger partial charge in [0.15, 0.2) is 0 Å². The van der Waals surface area contributed by atoms with Crippen molar-refractivity contribution >= 4 is 5.91 Å². The van der Waals surface area contributed by atoms with Crippen LogP contribution in [0.2, 0.25) is 0 Å². The minimum Gasteiger partial charge on any atom is -0.338 e. The molecule has 0 atom stereocenters. The Bertz CT molecular complexity index is 465. The fourth-order valence-electron chi connectivity index (χ4n) is 2.87. The van der Waals surface area contributed by atoms with E-state index in [1.165, 1.54) is 11.1 Å². The summed E-state index contributed by atoms with van der Waals surface area (Å²) in [7, 11) is 0. The van der Waals surface area contributed by atoms with Gasteiger partial charge in [-0.05, 0) is 36.8 Å². The van der Waals surface area contributed by atoms with E-state index >= 15 is 0 Å². The van der Waals surface area contributed by atoms with Crippen molar-refractivity contribution in [2.45, 2.75) is 32.2 Å². The summed E-state index contributed by atoms with van der Waals surface area (Å²) >= 11 is 0. The predicted molar refractivity (Wildman–Crippen MR) is 70.9 cm³/mol. The quantitative estimate of drug-likeness (QED) is 0.860. The highest BCUT2D eigenvalue weighted by Crippen LogP contribution is 2.46. The number of amides is 1. The Morgan fingerprint density at radius 2 is 2.00 bits per heavy atom. The molecular formula is C15H20N2O. The molecule has 2 N–H and O–H groups in total. The summed E-state index contributed by atoms with van der Waals surface area (Å²) in [6.45, 7) is 2.13. The Morgan fingerprint density at radius 1 is 1.28 bits per heavy atom. The third kappa shape index (κ3) is 1.93. The average Bonchev–Trinajstić information content (AvgIpc) is 3.21. The van der Waals surface area contributed by atoms with Gasteiger partial charge in [-0.25, -0.2) is 0 Å². The third-order valence-electron chi connectivity index (χ3n) is 4.34. The smallest absolute Gasteiger partial charge is 0.230 e. The van der Waals surface area contributed by atoms with Gasteiger partial charge in [-0.3, -0.25) is 4.79 Å². The fourth-order valence-corrected chi connectivity index (χ4v) is 2.87. The SMILES string of the molecule is NCC1(C(=O)N2CCCc3ccccc3C2)CC1. The molecule has 96 valence electrons. The second-order valence-electron chi connectivity index (χ2n) is 5.58. The molecule has 0 radical (unpaired) electrons. The van der Waals surface area contributed by atoms with Gasteiger partial charge in [-0.2, -0.15) is 0 Å². The topological polar surface area (TPSA) is 46.3 Å². The van der Waals surface area contributed by atoms with E-state index in [0.717, 1.165) is 38.8 Å². The first-order valence-electron chi connectivity index (χ1n) is 6.81. The predicted octanol–water partition coefficient (Wildman–Crippen LogP) is 1.70. The molecule has 1 aliphatic heterocycles. The Kier molecular flexibility index (Phi) is 2.86. The van der Waals surface area contributed by atoms with E-state index in [9.17, 15) is 4.79 Å². The van der Waals surface area contributed by atoms with Gasteiger partial charge < -0.3 is 10.6 Å². The van der Waals surface area contributed by atoms with E-state index in [2.05, 4.69) is 24.3 Å². The minimum absolute atomic E-state index is 0.209. The zero-order valence-corrected chi connectivity index (χ0v) is 10.7. The van der Waals surface area contributed by atoms with Gasteiger partial charge in [0.25, 0.3) is 0 Å². The van der Waals surface area contributed by atoms with Gasteiger partial charge in [0.05, 0.1) is 5.41 Å². The Hall–Kier alpha value is -1.35. The van der Waals surface area contributed by atoms with Gasteiger partial charge in [0.2, 0.25) is 5.91 Å². The highest BCUT2D eigenvalue weighted by atomic mass is 16.2. The highest BCUT2D eigenvalue weighted by molar-refractivity contribution is 5.85. The summed E-state index contributed by atoms with van der Waals surface area (Å²) < 4.78 is 0. The molecule has 0 bridgehead atoms. The van der Waals surface area contributed by atoms with E-state index in [-0.39, 0.29) is 11.3 Å². The number of hydrogen-bond acceptors (Lipinski definition) is 2. The largest absolute Gasteiger partial charge is 0.338 e. The van der Waals surface area contributed by atoms with E-state index < -0.39 is 0 Å². The summed E-state index contributed by atoms with van der Waals surface area (Å²) in [4.78, 5) is 14.5. The number of hydrogen-bond donors (Lipinski definition) is 1. The number of benzene rings is 1. The third-order valence-corrected chi connectivity index (χ3v) is 4.34. The van der Waals surface area contributed by atoms with Crippen molar-refractivity contribution in [3.8, 4) is 0 Å². The van der Waals surface area contributed by atoms with Crippen molar-refractivity contribution in [3.05, 3.63) is 35.4 Å². The van der Waals surface area contributed by atoms with Crippen LogP contribution >= 0.6 is 0 Å². The van der Waals surface area contributed by atoms with E-state index in [1.807, 2.05) is 4.90 Å². The molecule has 3 rings (SSSR count). The summed E-state index contributed by atoms with van der Waals surface area (Å²) in [5.41, 5.74) is 8.25. The molecule has 1 aromatic carbocycles. The zero-order chi connectivity index (χ0) is 12.6. The van der Waals surface area contributed by atoms with Crippen LogP contribution in [-0.4, -0.2) is 23.9 Å². The lowest BCUT2D eigenvalue weighted by Gasteiger charge is -2.25. The number of carbonyl (C=O) groups excluding carboxylic acids is 1. The second-order valence-corrected chi connectivity index (χ2v) is 5.58. The zero-order valence-electron chi connectivity index (χ0n) is 10.7. The maximum atomic E-state index is 12.5. The maximum absolute atomic E-state index is 12.5. The van der Waals surface area contributed by atoms with Crippen LogP contribution in [0.3, 0.4) is 0 Å². The number of rotatable bonds is 2. The standard InChI is InChI=1S/C15H20N2O/c16-11-15(7-8-15)14(18)17-9-3-6-12-4-1-2-5-13(12)10-17/h1-2,4-5H,3,6-11,16H2. The molecule has 0 saturated heterocycles. The van der Waals surface area contributed by atoms with E-state index in [0.29, 0.717) is 6.54 Å². The first-order valence-corrected chi connectivity index (χ1v) is 6.81. The van der Waals surface area contributed by atoms with Crippen LogP contribution in [0, 0.1) is 5.41 Å². The first kappa shape index (κ1) is 11.7.